The molecular weight excluding hydrogens is 664 g/mol. The van der Waals surface area contributed by atoms with Gasteiger partial charge in [0.05, 0.1) is 139 Å². The number of amides is 3. The Balaban J connectivity index is 1.66. The summed E-state index contributed by atoms with van der Waals surface area (Å²) in [6.45, 7) is 14.0. The molecule has 17 heteroatoms. The number of carbonyl (C=O) groups excluding carboxylic acids is 4. The Morgan fingerprint density at radius 3 is 1.14 bits per heavy atom. The van der Waals surface area contributed by atoms with Crippen LogP contribution < -0.4 is 5.32 Å². The highest BCUT2D eigenvalue weighted by molar-refractivity contribution is 6.14. The van der Waals surface area contributed by atoms with Crippen LogP contribution in [0.3, 0.4) is 0 Å². The Bertz CT molecular complexity index is 911. The highest BCUT2D eigenvalue weighted by Crippen LogP contribution is 2.08. The van der Waals surface area contributed by atoms with Crippen LogP contribution in [0.5, 0.6) is 0 Å². The lowest BCUT2D eigenvalue weighted by molar-refractivity contribution is -0.156. The van der Waals surface area contributed by atoms with E-state index in [1.807, 2.05) is 20.8 Å². The van der Waals surface area contributed by atoms with Crippen molar-refractivity contribution < 1.29 is 71.3 Å². The predicted molar refractivity (Wildman–Crippen MR) is 178 cm³/mol. The number of carbonyl (C=O) groups is 4. The summed E-state index contributed by atoms with van der Waals surface area (Å²) < 4.78 is 59.5. The largest absolute Gasteiger partial charge is 0.460 e. The van der Waals surface area contributed by atoms with Gasteiger partial charge < -0.3 is 57.4 Å². The second-order valence-corrected chi connectivity index (χ2v) is 11.4. The highest BCUT2D eigenvalue weighted by atomic mass is 16.6. The minimum atomic E-state index is -0.494. The van der Waals surface area contributed by atoms with Gasteiger partial charge in [-0.05, 0) is 20.8 Å². The van der Waals surface area contributed by atoms with Gasteiger partial charge in [0.2, 0.25) is 5.91 Å². The van der Waals surface area contributed by atoms with Crippen LogP contribution in [0.15, 0.2) is 12.2 Å². The molecule has 0 aromatic heterocycles. The fraction of sp³-hybridized carbons (Fsp3) is 0.818. The van der Waals surface area contributed by atoms with Crippen LogP contribution in [0.2, 0.25) is 0 Å². The van der Waals surface area contributed by atoms with Gasteiger partial charge in [-0.15, -0.1) is 0 Å². The first-order chi connectivity index (χ1) is 24.2. The van der Waals surface area contributed by atoms with E-state index in [-0.39, 0.29) is 32.1 Å². The number of rotatable bonds is 35. The van der Waals surface area contributed by atoms with Crippen molar-refractivity contribution >= 4 is 23.7 Å². The van der Waals surface area contributed by atoms with Gasteiger partial charge in [-0.25, -0.2) is 0 Å². The molecular formula is C33H58N2O15. The van der Waals surface area contributed by atoms with Gasteiger partial charge >= 0.3 is 5.97 Å². The number of ether oxygens (including phenoxy) is 11. The molecule has 1 N–H and O–H groups in total. The van der Waals surface area contributed by atoms with Crippen LogP contribution in [-0.4, -0.2) is 179 Å². The Labute approximate surface area is 295 Å². The molecule has 0 saturated heterocycles. The Hall–Kier alpha value is -2.58. The zero-order chi connectivity index (χ0) is 36.5. The predicted octanol–water partition coefficient (Wildman–Crippen LogP) is -0.0746. The first-order valence-electron chi connectivity index (χ1n) is 17.0. The molecule has 1 aliphatic heterocycles. The molecule has 0 aliphatic carbocycles. The van der Waals surface area contributed by atoms with Crippen molar-refractivity contribution in [2.75, 3.05) is 145 Å². The molecule has 0 saturated carbocycles. The Morgan fingerprint density at radius 2 is 0.820 bits per heavy atom. The summed E-state index contributed by atoms with van der Waals surface area (Å²) in [4.78, 5) is 47.0. The lowest BCUT2D eigenvalue weighted by Crippen LogP contribution is -2.41. The third kappa shape index (κ3) is 29.2. The first kappa shape index (κ1) is 45.4. The fourth-order valence-electron chi connectivity index (χ4n) is 3.68. The summed E-state index contributed by atoms with van der Waals surface area (Å²) in [5, 5.41) is 2.59. The minimum absolute atomic E-state index is 0.222. The van der Waals surface area contributed by atoms with Crippen molar-refractivity contribution in [2.24, 2.45) is 0 Å². The molecule has 1 rings (SSSR count). The molecule has 0 fully saturated rings. The van der Waals surface area contributed by atoms with E-state index in [2.05, 4.69) is 5.32 Å². The zero-order valence-corrected chi connectivity index (χ0v) is 30.0. The maximum absolute atomic E-state index is 11.8. The third-order valence-electron chi connectivity index (χ3n) is 5.99. The first-order valence-corrected chi connectivity index (χ1v) is 17.0. The van der Waals surface area contributed by atoms with E-state index in [9.17, 15) is 19.2 Å². The minimum Gasteiger partial charge on any atom is -0.460 e. The van der Waals surface area contributed by atoms with Gasteiger partial charge in [0.15, 0.2) is 0 Å². The molecule has 0 bridgehead atoms. The van der Waals surface area contributed by atoms with Crippen molar-refractivity contribution in [3.63, 3.8) is 0 Å². The average Bonchev–Trinajstić information content (AvgIpc) is 3.38. The number of hydrogen-bond donors (Lipinski definition) is 1. The van der Waals surface area contributed by atoms with Crippen LogP contribution in [0, 0.1) is 0 Å². The van der Waals surface area contributed by atoms with Crippen molar-refractivity contribution in [1.82, 2.24) is 10.2 Å². The van der Waals surface area contributed by atoms with Crippen molar-refractivity contribution in [2.45, 2.75) is 32.8 Å². The molecule has 1 heterocycles. The molecule has 0 aromatic rings. The van der Waals surface area contributed by atoms with E-state index in [4.69, 9.17) is 52.1 Å². The van der Waals surface area contributed by atoms with Crippen LogP contribution >= 0.6 is 0 Å². The van der Waals surface area contributed by atoms with E-state index in [0.717, 1.165) is 17.1 Å². The van der Waals surface area contributed by atoms with Crippen LogP contribution in [0.1, 0.15) is 27.2 Å². The molecule has 0 spiro atoms. The molecule has 0 atom stereocenters. The van der Waals surface area contributed by atoms with Gasteiger partial charge in [-0.3, -0.25) is 24.1 Å². The molecule has 290 valence electrons. The lowest BCUT2D eigenvalue weighted by Gasteiger charge is -2.19. The van der Waals surface area contributed by atoms with Crippen LogP contribution in [-0.2, 0) is 71.3 Å². The van der Waals surface area contributed by atoms with E-state index < -0.39 is 23.3 Å². The lowest BCUT2D eigenvalue weighted by atomic mass is 10.2. The van der Waals surface area contributed by atoms with E-state index in [1.54, 1.807) is 0 Å². The maximum atomic E-state index is 11.8. The topological polar surface area (TPSA) is 185 Å². The molecule has 0 unspecified atom stereocenters. The quantitative estimate of drug-likeness (QED) is 0.0520. The fourth-order valence-corrected chi connectivity index (χ4v) is 3.68. The standard InChI is InChI=1S/C33H58N2O15/c1-33(2,3)50-32(39)6-8-40-10-12-42-14-16-44-18-20-46-22-24-48-26-27-49-25-23-47-21-19-45-17-15-43-13-11-41-9-7-34-29(36)28-35-30(37)4-5-31(35)38/h4-5H,6-28H2,1-3H3,(H,34,36). The van der Waals surface area contributed by atoms with Gasteiger partial charge in [0, 0.05) is 18.7 Å². The normalized spacial score (nSPS) is 13.1. The Morgan fingerprint density at radius 1 is 0.520 bits per heavy atom. The second-order valence-electron chi connectivity index (χ2n) is 11.4. The second kappa shape index (κ2) is 31.2. The number of esters is 1. The summed E-state index contributed by atoms with van der Waals surface area (Å²) in [6.07, 6.45) is 2.49. The Kier molecular flexibility index (Phi) is 28.3. The molecule has 17 nitrogen and oxygen atoms in total. The number of hydrogen-bond acceptors (Lipinski definition) is 15. The maximum Gasteiger partial charge on any atom is 0.308 e. The summed E-state index contributed by atoms with van der Waals surface area (Å²) in [7, 11) is 0. The molecule has 1 aliphatic rings. The van der Waals surface area contributed by atoms with E-state index >= 15 is 0 Å². The van der Waals surface area contributed by atoms with Gasteiger partial charge in [-0.1, -0.05) is 0 Å². The molecule has 50 heavy (non-hydrogen) atoms. The van der Waals surface area contributed by atoms with Gasteiger partial charge in [-0.2, -0.15) is 0 Å². The summed E-state index contributed by atoms with van der Waals surface area (Å²) in [6, 6.07) is 0. The smallest absolute Gasteiger partial charge is 0.308 e. The number of nitrogens with zero attached hydrogens (tertiary/aromatic N) is 1. The van der Waals surface area contributed by atoms with Crippen molar-refractivity contribution in [3.05, 3.63) is 12.2 Å². The zero-order valence-electron chi connectivity index (χ0n) is 30.0. The van der Waals surface area contributed by atoms with Crippen molar-refractivity contribution in [1.29, 1.82) is 0 Å². The summed E-state index contributed by atoms with van der Waals surface area (Å²) in [5.74, 6) is -1.69. The van der Waals surface area contributed by atoms with E-state index in [1.165, 1.54) is 0 Å². The summed E-state index contributed by atoms with van der Waals surface area (Å²) in [5.41, 5.74) is -0.483. The summed E-state index contributed by atoms with van der Waals surface area (Å²) >= 11 is 0. The highest BCUT2D eigenvalue weighted by Gasteiger charge is 2.25. The van der Waals surface area contributed by atoms with Crippen LogP contribution in [0.25, 0.3) is 0 Å². The molecule has 0 radical (unpaired) electrons. The van der Waals surface area contributed by atoms with Gasteiger partial charge in [0.25, 0.3) is 11.8 Å². The SMILES string of the molecule is CC(C)(C)OC(=O)CCOCCOCCOCCOCCOCCOCCOCCOCCOCCOCCNC(=O)CN1C(=O)C=CC1=O. The van der Waals surface area contributed by atoms with Crippen molar-refractivity contribution in [3.8, 4) is 0 Å². The number of imide groups is 1. The van der Waals surface area contributed by atoms with Crippen LogP contribution in [0.4, 0.5) is 0 Å². The molecule has 3 amide bonds. The monoisotopic (exact) mass is 722 g/mol. The average molecular weight is 723 g/mol. The number of nitrogens with one attached hydrogen (secondary N) is 1. The molecule has 0 aromatic carbocycles. The van der Waals surface area contributed by atoms with Gasteiger partial charge in [0.1, 0.15) is 12.1 Å². The van der Waals surface area contributed by atoms with E-state index in [0.29, 0.717) is 126 Å². The third-order valence-corrected chi connectivity index (χ3v) is 5.99.